The highest BCUT2D eigenvalue weighted by Gasteiger charge is 2.50. The first kappa shape index (κ1) is 14.7. The third-order valence-electron chi connectivity index (χ3n) is 5.98. The lowest BCUT2D eigenvalue weighted by atomic mass is 9.79. The molecule has 0 bridgehead atoms. The number of benzene rings is 1. The van der Waals surface area contributed by atoms with Crippen LogP contribution in [-0.4, -0.2) is 28.4 Å². The van der Waals surface area contributed by atoms with Gasteiger partial charge in [0.2, 0.25) is 5.91 Å². The number of carbonyl (C=O) groups is 2. The Labute approximate surface area is 136 Å². The Morgan fingerprint density at radius 2 is 1.87 bits per heavy atom. The maximum absolute atomic E-state index is 13.0. The summed E-state index contributed by atoms with van der Waals surface area (Å²) >= 11 is 0. The Morgan fingerprint density at radius 1 is 1.13 bits per heavy atom. The first-order valence-electron chi connectivity index (χ1n) is 8.69. The molecule has 4 rings (SSSR count). The topological polar surface area (TPSA) is 57.6 Å². The van der Waals surface area contributed by atoms with Gasteiger partial charge >= 0.3 is 5.97 Å². The Bertz CT molecular complexity index is 650. The van der Waals surface area contributed by atoms with Crippen molar-refractivity contribution in [2.75, 3.05) is 6.54 Å². The highest BCUT2D eigenvalue weighted by molar-refractivity contribution is 5.81. The number of carboxylic acids is 1. The van der Waals surface area contributed by atoms with Crippen LogP contribution in [0, 0.1) is 11.8 Å². The predicted octanol–water partition coefficient (Wildman–Crippen LogP) is 2.95. The fraction of sp³-hybridized carbons (Fsp3) is 0.579. The van der Waals surface area contributed by atoms with E-state index in [-0.39, 0.29) is 23.2 Å². The minimum atomic E-state index is -0.745. The molecule has 2 fully saturated rings. The van der Waals surface area contributed by atoms with Crippen molar-refractivity contribution in [1.29, 1.82) is 0 Å². The lowest BCUT2D eigenvalue weighted by molar-refractivity contribution is -0.146. The van der Waals surface area contributed by atoms with E-state index in [1.54, 1.807) is 0 Å². The van der Waals surface area contributed by atoms with Crippen LogP contribution in [0.3, 0.4) is 0 Å². The normalized spacial score (nSPS) is 28.3. The number of amides is 1. The van der Waals surface area contributed by atoms with E-state index in [1.165, 1.54) is 11.1 Å². The van der Waals surface area contributed by atoms with Crippen LogP contribution in [-0.2, 0) is 21.5 Å². The van der Waals surface area contributed by atoms with Crippen molar-refractivity contribution >= 4 is 11.9 Å². The minimum absolute atomic E-state index is 0.106. The summed E-state index contributed by atoms with van der Waals surface area (Å²) < 4.78 is 0. The zero-order valence-corrected chi connectivity index (χ0v) is 13.3. The summed E-state index contributed by atoms with van der Waals surface area (Å²) in [6.07, 6.45) is 5.24. The van der Waals surface area contributed by atoms with Crippen molar-refractivity contribution in [3.05, 3.63) is 35.4 Å². The number of aliphatic carboxylic acids is 1. The number of fused-ring (bicyclic) bond motifs is 2. The zero-order chi connectivity index (χ0) is 16.0. The summed E-state index contributed by atoms with van der Waals surface area (Å²) in [7, 11) is 0. The Morgan fingerprint density at radius 3 is 2.61 bits per heavy atom. The fourth-order valence-corrected chi connectivity index (χ4v) is 4.52. The molecule has 2 atom stereocenters. The molecule has 1 aromatic carbocycles. The number of hydrogen-bond donors (Lipinski definition) is 1. The second kappa shape index (κ2) is 5.36. The molecule has 1 aromatic rings. The van der Waals surface area contributed by atoms with Gasteiger partial charge in [0.25, 0.3) is 0 Å². The molecular weight excluding hydrogens is 290 g/mol. The predicted molar refractivity (Wildman–Crippen MR) is 85.9 cm³/mol. The first-order valence-corrected chi connectivity index (χ1v) is 8.69. The SMILES string of the molecule is O=C(O)C1CCCC(C(=O)N2Cc3ccccc3C3(CC3)C2)C1. The Hall–Kier alpha value is -1.84. The summed E-state index contributed by atoms with van der Waals surface area (Å²) in [5, 5.41) is 9.25. The second-order valence-electron chi connectivity index (χ2n) is 7.53. The summed E-state index contributed by atoms with van der Waals surface area (Å²) in [6, 6.07) is 8.49. The average molecular weight is 313 g/mol. The summed E-state index contributed by atoms with van der Waals surface area (Å²) in [4.78, 5) is 26.2. The van der Waals surface area contributed by atoms with Gasteiger partial charge in [-0.05, 0) is 43.2 Å². The number of carbonyl (C=O) groups excluding carboxylic acids is 1. The van der Waals surface area contributed by atoms with Crippen LogP contribution in [0.5, 0.6) is 0 Å². The summed E-state index contributed by atoms with van der Waals surface area (Å²) in [5.74, 6) is -1.02. The number of nitrogens with zero attached hydrogens (tertiary/aromatic N) is 1. The second-order valence-corrected chi connectivity index (χ2v) is 7.53. The molecule has 2 unspecified atom stereocenters. The van der Waals surface area contributed by atoms with Crippen LogP contribution >= 0.6 is 0 Å². The molecule has 1 amide bonds. The van der Waals surface area contributed by atoms with Gasteiger partial charge in [0.05, 0.1) is 5.92 Å². The van der Waals surface area contributed by atoms with Gasteiger partial charge in [-0.3, -0.25) is 9.59 Å². The standard InChI is InChI=1S/C19H23NO3/c21-17(13-5-3-6-14(10-13)18(22)23)20-11-15-4-1-2-7-16(15)19(12-20)8-9-19/h1-2,4,7,13-14H,3,5-6,8-12H2,(H,22,23). The Balaban J connectivity index is 1.53. The number of hydrogen-bond acceptors (Lipinski definition) is 2. The van der Waals surface area contributed by atoms with Crippen LogP contribution in [0.2, 0.25) is 0 Å². The van der Waals surface area contributed by atoms with E-state index in [0.29, 0.717) is 19.4 Å². The van der Waals surface area contributed by atoms with E-state index in [4.69, 9.17) is 0 Å². The third-order valence-corrected chi connectivity index (χ3v) is 5.98. The lowest BCUT2D eigenvalue weighted by Gasteiger charge is -2.38. The van der Waals surface area contributed by atoms with Gasteiger partial charge in [-0.1, -0.05) is 30.7 Å². The van der Waals surface area contributed by atoms with Crippen LogP contribution in [0.15, 0.2) is 24.3 Å². The van der Waals surface area contributed by atoms with Crippen molar-refractivity contribution < 1.29 is 14.7 Å². The average Bonchev–Trinajstić information content (AvgIpc) is 3.34. The van der Waals surface area contributed by atoms with Gasteiger partial charge in [-0.15, -0.1) is 0 Å². The fourth-order valence-electron chi connectivity index (χ4n) is 4.52. The minimum Gasteiger partial charge on any atom is -0.481 e. The molecule has 2 saturated carbocycles. The molecule has 4 nitrogen and oxygen atoms in total. The van der Waals surface area contributed by atoms with Gasteiger partial charge in [-0.25, -0.2) is 0 Å². The van der Waals surface area contributed by atoms with Gasteiger partial charge in [0.1, 0.15) is 0 Å². The smallest absolute Gasteiger partial charge is 0.306 e. The maximum atomic E-state index is 13.0. The van der Waals surface area contributed by atoms with Crippen LogP contribution in [0.25, 0.3) is 0 Å². The molecule has 23 heavy (non-hydrogen) atoms. The van der Waals surface area contributed by atoms with E-state index in [1.807, 2.05) is 11.0 Å². The molecule has 3 aliphatic rings. The molecule has 1 heterocycles. The van der Waals surface area contributed by atoms with Gasteiger partial charge in [-0.2, -0.15) is 0 Å². The molecule has 0 aromatic heterocycles. The first-order chi connectivity index (χ1) is 11.1. The monoisotopic (exact) mass is 313 g/mol. The van der Waals surface area contributed by atoms with Gasteiger partial charge in [0, 0.05) is 24.4 Å². The molecule has 0 saturated heterocycles. The largest absolute Gasteiger partial charge is 0.481 e. The lowest BCUT2D eigenvalue weighted by Crippen LogP contribution is -2.45. The van der Waals surface area contributed by atoms with E-state index in [9.17, 15) is 14.7 Å². The molecule has 1 aliphatic heterocycles. The Kier molecular flexibility index (Phi) is 3.43. The van der Waals surface area contributed by atoms with Crippen molar-refractivity contribution in [3.63, 3.8) is 0 Å². The molecule has 2 aliphatic carbocycles. The highest BCUT2D eigenvalue weighted by atomic mass is 16.4. The molecule has 122 valence electrons. The van der Waals surface area contributed by atoms with Gasteiger partial charge < -0.3 is 10.0 Å². The highest BCUT2D eigenvalue weighted by Crippen LogP contribution is 2.52. The van der Waals surface area contributed by atoms with Crippen LogP contribution < -0.4 is 0 Å². The van der Waals surface area contributed by atoms with E-state index in [2.05, 4.69) is 18.2 Å². The summed E-state index contributed by atoms with van der Waals surface area (Å²) in [6.45, 7) is 1.50. The van der Waals surface area contributed by atoms with Gasteiger partial charge in [0.15, 0.2) is 0 Å². The van der Waals surface area contributed by atoms with Crippen molar-refractivity contribution in [2.24, 2.45) is 11.8 Å². The number of rotatable bonds is 2. The van der Waals surface area contributed by atoms with E-state index >= 15 is 0 Å². The van der Waals surface area contributed by atoms with E-state index < -0.39 is 5.97 Å². The van der Waals surface area contributed by atoms with Crippen molar-refractivity contribution in [2.45, 2.75) is 50.5 Å². The molecule has 4 heteroatoms. The van der Waals surface area contributed by atoms with Crippen molar-refractivity contribution in [3.8, 4) is 0 Å². The molecular formula is C19H23NO3. The van der Waals surface area contributed by atoms with E-state index in [0.717, 1.165) is 32.2 Å². The quantitative estimate of drug-likeness (QED) is 0.913. The van der Waals surface area contributed by atoms with Crippen LogP contribution in [0.4, 0.5) is 0 Å². The molecule has 0 radical (unpaired) electrons. The molecule has 1 N–H and O–H groups in total. The maximum Gasteiger partial charge on any atom is 0.306 e. The zero-order valence-electron chi connectivity index (χ0n) is 13.3. The third kappa shape index (κ3) is 2.54. The summed E-state index contributed by atoms with van der Waals surface area (Å²) in [5.41, 5.74) is 2.89. The number of carboxylic acid groups (broad SMARTS) is 1. The van der Waals surface area contributed by atoms with Crippen LogP contribution in [0.1, 0.15) is 49.7 Å². The van der Waals surface area contributed by atoms with Crippen molar-refractivity contribution in [1.82, 2.24) is 4.90 Å². The molecule has 1 spiro atoms.